The highest BCUT2D eigenvalue weighted by Crippen LogP contribution is 2.54. The summed E-state index contributed by atoms with van der Waals surface area (Å²) in [5.74, 6) is -0.755. The van der Waals surface area contributed by atoms with Crippen molar-refractivity contribution in [2.45, 2.75) is 76.7 Å². The molecule has 3 fully saturated rings. The number of piperidine rings is 1. The number of benzene rings is 1. The standard InChI is InChI=1S/C28H32F4N6O2/c1-2-38-19(11-12-33-38)27(40)37-24(21(14-3-4-14)15-5-6-15)25-34-18-9-7-16(22(29)23(18)36-25)13-17-8-10-20(28(30,31)32)35-26(17)39/h7,9,11-12,14-15,17,20-21,24H,2-6,8,10,13H2,1H3,(H,34,36)(H,35,39)(H,37,40). The van der Waals surface area contributed by atoms with Crippen LogP contribution in [0.1, 0.15) is 73.4 Å². The molecule has 6 rings (SSSR count). The molecular formula is C28H32F4N6O2. The van der Waals surface area contributed by atoms with E-state index in [0.29, 0.717) is 35.4 Å². The molecule has 3 heterocycles. The lowest BCUT2D eigenvalue weighted by Crippen LogP contribution is -2.51. The highest BCUT2D eigenvalue weighted by molar-refractivity contribution is 5.92. The van der Waals surface area contributed by atoms with Gasteiger partial charge in [0.2, 0.25) is 5.91 Å². The van der Waals surface area contributed by atoms with Crippen molar-refractivity contribution in [1.29, 1.82) is 0 Å². The van der Waals surface area contributed by atoms with Crippen LogP contribution in [0.15, 0.2) is 24.4 Å². The van der Waals surface area contributed by atoms with Gasteiger partial charge in [-0.3, -0.25) is 14.3 Å². The van der Waals surface area contributed by atoms with Gasteiger partial charge in [-0.15, -0.1) is 0 Å². The zero-order chi connectivity index (χ0) is 28.2. The number of nitrogens with one attached hydrogen (secondary N) is 3. The lowest BCUT2D eigenvalue weighted by atomic mass is 9.88. The molecule has 2 aliphatic carbocycles. The van der Waals surface area contributed by atoms with E-state index >= 15 is 4.39 Å². The average molecular weight is 561 g/mol. The Morgan fingerprint density at radius 2 is 1.85 bits per heavy atom. The van der Waals surface area contributed by atoms with Gasteiger partial charge in [-0.2, -0.15) is 18.3 Å². The van der Waals surface area contributed by atoms with Gasteiger partial charge in [0.1, 0.15) is 23.1 Å². The first-order valence-electron chi connectivity index (χ1n) is 14.0. The van der Waals surface area contributed by atoms with E-state index in [9.17, 15) is 22.8 Å². The van der Waals surface area contributed by atoms with E-state index in [2.05, 4.69) is 20.4 Å². The lowest BCUT2D eigenvalue weighted by Gasteiger charge is -2.30. The van der Waals surface area contributed by atoms with Crippen LogP contribution in [0.4, 0.5) is 17.6 Å². The second-order valence-electron chi connectivity index (χ2n) is 11.4. The van der Waals surface area contributed by atoms with Crippen molar-refractivity contribution < 1.29 is 27.2 Å². The summed E-state index contributed by atoms with van der Waals surface area (Å²) in [5, 5.41) is 9.41. The highest BCUT2D eigenvalue weighted by Gasteiger charge is 2.48. The first kappa shape index (κ1) is 26.8. The number of aromatic amines is 1. The number of nitrogens with zero attached hydrogens (tertiary/aromatic N) is 3. The molecule has 40 heavy (non-hydrogen) atoms. The van der Waals surface area contributed by atoms with Gasteiger partial charge in [-0.25, -0.2) is 9.37 Å². The van der Waals surface area contributed by atoms with Crippen LogP contribution in [-0.4, -0.2) is 43.8 Å². The molecule has 1 aliphatic heterocycles. The van der Waals surface area contributed by atoms with Gasteiger partial charge in [0.25, 0.3) is 5.91 Å². The zero-order valence-corrected chi connectivity index (χ0v) is 22.1. The van der Waals surface area contributed by atoms with Crippen LogP contribution in [0.3, 0.4) is 0 Å². The molecule has 3 N–H and O–H groups in total. The maximum Gasteiger partial charge on any atom is 0.408 e. The Balaban J connectivity index is 1.27. The van der Waals surface area contributed by atoms with Crippen molar-refractivity contribution in [1.82, 2.24) is 30.4 Å². The SMILES string of the molecule is CCn1nccc1C(=O)NC(c1nc2c(F)c(CC3CCC(C(F)(F)F)NC3=O)ccc2[nH]1)C(C1CC1)C1CC1. The fraction of sp³-hybridized carbons (Fsp3) is 0.571. The predicted octanol–water partition coefficient (Wildman–Crippen LogP) is 4.83. The van der Waals surface area contributed by atoms with E-state index in [1.807, 2.05) is 12.2 Å². The molecule has 8 nitrogen and oxygen atoms in total. The molecule has 3 aromatic rings. The Morgan fingerprint density at radius 3 is 2.48 bits per heavy atom. The van der Waals surface area contributed by atoms with Crippen LogP contribution in [0, 0.1) is 29.5 Å². The predicted molar refractivity (Wildman–Crippen MR) is 138 cm³/mol. The van der Waals surface area contributed by atoms with Gasteiger partial charge in [0, 0.05) is 18.7 Å². The fourth-order valence-corrected chi connectivity index (χ4v) is 6.21. The van der Waals surface area contributed by atoms with Crippen molar-refractivity contribution in [2.75, 3.05) is 0 Å². The molecule has 0 radical (unpaired) electrons. The summed E-state index contributed by atoms with van der Waals surface area (Å²) in [4.78, 5) is 33.6. The van der Waals surface area contributed by atoms with Crippen LogP contribution in [0.25, 0.3) is 11.0 Å². The van der Waals surface area contributed by atoms with Crippen molar-refractivity contribution >= 4 is 22.8 Å². The maximum atomic E-state index is 15.7. The molecule has 0 spiro atoms. The van der Waals surface area contributed by atoms with Gasteiger partial charge in [-0.05, 0) is 87.3 Å². The number of carbonyl (C=O) groups excluding carboxylic acids is 2. The topological polar surface area (TPSA) is 105 Å². The number of rotatable bonds is 9. The smallest absolute Gasteiger partial charge is 0.344 e. The second kappa shape index (κ2) is 10.2. The van der Waals surface area contributed by atoms with Gasteiger partial charge >= 0.3 is 6.18 Å². The Labute approximate surface area is 228 Å². The third-order valence-corrected chi connectivity index (χ3v) is 8.59. The van der Waals surface area contributed by atoms with E-state index in [-0.39, 0.29) is 42.2 Å². The number of carbonyl (C=O) groups is 2. The number of amides is 2. The van der Waals surface area contributed by atoms with Crippen LogP contribution < -0.4 is 10.6 Å². The van der Waals surface area contributed by atoms with Gasteiger partial charge < -0.3 is 15.6 Å². The molecule has 1 aromatic carbocycles. The molecular weight excluding hydrogens is 528 g/mol. The van der Waals surface area contributed by atoms with Crippen LogP contribution in [0.2, 0.25) is 0 Å². The third kappa shape index (κ3) is 5.19. The van der Waals surface area contributed by atoms with Crippen LogP contribution >= 0.6 is 0 Å². The fourth-order valence-electron chi connectivity index (χ4n) is 6.21. The first-order chi connectivity index (χ1) is 19.1. The summed E-state index contributed by atoms with van der Waals surface area (Å²) in [6.45, 7) is 2.45. The van der Waals surface area contributed by atoms with Gasteiger partial charge in [0.15, 0.2) is 5.82 Å². The zero-order valence-electron chi connectivity index (χ0n) is 22.1. The molecule has 2 aromatic heterocycles. The molecule has 2 amide bonds. The summed E-state index contributed by atoms with van der Waals surface area (Å²) >= 11 is 0. The van der Waals surface area contributed by atoms with E-state index in [4.69, 9.17) is 0 Å². The Kier molecular flexibility index (Phi) is 6.82. The molecule has 3 atom stereocenters. The minimum absolute atomic E-state index is 0.0195. The number of aromatic nitrogens is 4. The summed E-state index contributed by atoms with van der Waals surface area (Å²) in [6, 6.07) is 2.59. The Bertz CT molecular complexity index is 1410. The molecule has 3 unspecified atom stereocenters. The van der Waals surface area contributed by atoms with Crippen molar-refractivity contribution in [3.8, 4) is 0 Å². The van der Waals surface area contributed by atoms with Gasteiger partial charge in [0.05, 0.1) is 11.6 Å². The van der Waals surface area contributed by atoms with Crippen molar-refractivity contribution in [3.63, 3.8) is 0 Å². The van der Waals surface area contributed by atoms with E-state index < -0.39 is 35.9 Å². The monoisotopic (exact) mass is 560 g/mol. The number of alkyl halides is 3. The van der Waals surface area contributed by atoms with Gasteiger partial charge in [-0.1, -0.05) is 6.07 Å². The first-order valence-corrected chi connectivity index (χ1v) is 14.0. The molecule has 0 bridgehead atoms. The second-order valence-corrected chi connectivity index (χ2v) is 11.4. The third-order valence-electron chi connectivity index (χ3n) is 8.59. The molecule has 12 heteroatoms. The van der Waals surface area contributed by atoms with Crippen LogP contribution in [-0.2, 0) is 17.8 Å². The summed E-state index contributed by atoms with van der Waals surface area (Å²) in [5.41, 5.74) is 1.23. The molecule has 3 aliphatic rings. The number of aryl methyl sites for hydroxylation is 1. The largest absolute Gasteiger partial charge is 0.408 e. The molecule has 1 saturated heterocycles. The normalized spacial score (nSPS) is 22.5. The highest BCUT2D eigenvalue weighted by atomic mass is 19.4. The molecule has 214 valence electrons. The number of hydrogen-bond acceptors (Lipinski definition) is 4. The number of halogens is 4. The number of imidazole rings is 1. The minimum atomic E-state index is -4.50. The lowest BCUT2D eigenvalue weighted by molar-refractivity contribution is -0.169. The Hall–Kier alpha value is -3.44. The Morgan fingerprint density at radius 1 is 1.12 bits per heavy atom. The van der Waals surface area contributed by atoms with Crippen LogP contribution in [0.5, 0.6) is 0 Å². The summed E-state index contributed by atoms with van der Waals surface area (Å²) in [7, 11) is 0. The minimum Gasteiger partial charge on any atom is -0.344 e. The maximum absolute atomic E-state index is 15.7. The average Bonchev–Trinajstić information content (AvgIpc) is 3.84. The van der Waals surface area contributed by atoms with Crippen molar-refractivity contribution in [3.05, 3.63) is 47.3 Å². The summed E-state index contributed by atoms with van der Waals surface area (Å²) in [6.07, 6.45) is 1.17. The number of H-pyrrole nitrogens is 1. The molecule has 2 saturated carbocycles. The number of hydrogen-bond donors (Lipinski definition) is 3. The summed E-state index contributed by atoms with van der Waals surface area (Å²) < 4.78 is 56.4. The van der Waals surface area contributed by atoms with E-state index in [1.165, 1.54) is 0 Å². The van der Waals surface area contributed by atoms with E-state index in [0.717, 1.165) is 25.7 Å². The van der Waals surface area contributed by atoms with E-state index in [1.54, 1.807) is 29.1 Å². The number of fused-ring (bicyclic) bond motifs is 1. The van der Waals surface area contributed by atoms with Crippen molar-refractivity contribution in [2.24, 2.45) is 23.7 Å². The quantitative estimate of drug-likeness (QED) is 0.326.